The minimum absolute atomic E-state index is 0.243. The van der Waals surface area contributed by atoms with E-state index in [0.717, 1.165) is 12.1 Å². The Balaban J connectivity index is 2.06. The summed E-state index contributed by atoms with van der Waals surface area (Å²) in [6.45, 7) is -0.458. The van der Waals surface area contributed by atoms with E-state index in [1.165, 1.54) is 0 Å². The predicted molar refractivity (Wildman–Crippen MR) is 95.0 cm³/mol. The first-order valence-electron chi connectivity index (χ1n) is 8.38. The van der Waals surface area contributed by atoms with Crippen LogP contribution in [-0.4, -0.2) is 65.8 Å². The number of hydrogen-bond acceptors (Lipinski definition) is 11. The molecule has 3 aromatic rings. The Morgan fingerprint density at radius 2 is 1.52 bits per heavy atom. The number of phenols is 5. The SMILES string of the molecule is O=c1c2cc(O)c(O)cc2oc2c(O)c(O)c(C3OCC(O)C(O)C3O)c(O)c12. The zero-order valence-electron chi connectivity index (χ0n) is 14.5. The van der Waals surface area contributed by atoms with Crippen LogP contribution in [0.5, 0.6) is 28.7 Å². The molecule has 1 saturated heterocycles. The highest BCUT2D eigenvalue weighted by molar-refractivity contribution is 5.99. The topological polar surface area (TPSA) is 201 Å². The summed E-state index contributed by atoms with van der Waals surface area (Å²) in [6, 6.07) is 1.81. The Labute approximate surface area is 160 Å². The summed E-state index contributed by atoms with van der Waals surface area (Å²) in [4.78, 5) is 12.9. The third-order valence-corrected chi connectivity index (χ3v) is 4.96. The summed E-state index contributed by atoms with van der Waals surface area (Å²) in [6.07, 6.45) is -6.50. The van der Waals surface area contributed by atoms with Crippen molar-refractivity contribution >= 4 is 21.9 Å². The molecule has 0 amide bonds. The molecule has 1 aliphatic rings. The predicted octanol–water partition coefficient (Wildman–Crippen LogP) is -0.372. The number of ether oxygens (including phenoxy) is 1. The van der Waals surface area contributed by atoms with Gasteiger partial charge in [0.2, 0.25) is 11.2 Å². The first-order chi connectivity index (χ1) is 13.6. The molecule has 0 aliphatic carbocycles. The molecule has 2 aromatic carbocycles. The van der Waals surface area contributed by atoms with Gasteiger partial charge in [-0.1, -0.05) is 0 Å². The van der Waals surface area contributed by atoms with Crippen LogP contribution >= 0.6 is 0 Å². The molecule has 11 nitrogen and oxygen atoms in total. The van der Waals surface area contributed by atoms with Gasteiger partial charge < -0.3 is 50.0 Å². The van der Waals surface area contributed by atoms with Gasteiger partial charge in [-0.15, -0.1) is 0 Å². The van der Waals surface area contributed by atoms with Crippen molar-refractivity contribution < 1.29 is 50.0 Å². The molecule has 0 bridgehead atoms. The number of phenolic OH excluding ortho intramolecular Hbond substituents is 5. The van der Waals surface area contributed by atoms with Gasteiger partial charge in [-0.25, -0.2) is 0 Å². The van der Waals surface area contributed by atoms with Crippen LogP contribution in [0.25, 0.3) is 21.9 Å². The average Bonchev–Trinajstić information content (AvgIpc) is 2.67. The van der Waals surface area contributed by atoms with Crippen LogP contribution in [0.15, 0.2) is 21.3 Å². The Bertz CT molecular complexity index is 1200. The van der Waals surface area contributed by atoms with E-state index in [-0.39, 0.29) is 11.0 Å². The van der Waals surface area contributed by atoms with Crippen molar-refractivity contribution in [1.82, 2.24) is 0 Å². The molecule has 4 atom stereocenters. The molecule has 0 saturated carbocycles. The van der Waals surface area contributed by atoms with Crippen LogP contribution in [0.1, 0.15) is 11.7 Å². The first kappa shape index (κ1) is 19.1. The van der Waals surface area contributed by atoms with Crippen LogP contribution in [0.2, 0.25) is 0 Å². The molecule has 154 valence electrons. The van der Waals surface area contributed by atoms with Gasteiger partial charge in [0.25, 0.3) is 0 Å². The van der Waals surface area contributed by atoms with Gasteiger partial charge in [-0.2, -0.15) is 0 Å². The van der Waals surface area contributed by atoms with Crippen molar-refractivity contribution in [3.05, 3.63) is 27.9 Å². The van der Waals surface area contributed by atoms with E-state index < -0.39 is 81.7 Å². The molecule has 4 rings (SSSR count). The molecular weight excluding hydrogens is 392 g/mol. The van der Waals surface area contributed by atoms with Crippen molar-refractivity contribution in [2.45, 2.75) is 24.4 Å². The summed E-state index contributed by atoms with van der Waals surface area (Å²) in [5.74, 6) is -4.07. The van der Waals surface area contributed by atoms with Crippen molar-refractivity contribution in [2.24, 2.45) is 0 Å². The molecule has 8 N–H and O–H groups in total. The standard InChI is InChI=1S/C18H16O11/c19-5-1-4-8(2-6(5)20)29-18-9(11(4)22)13(24)10(14(25)16(18)27)17-15(26)12(23)7(21)3-28-17/h1-2,7,12,15,17,19-21,23-27H,3H2. The lowest BCUT2D eigenvalue weighted by Gasteiger charge is -2.36. The number of aliphatic hydroxyl groups excluding tert-OH is 3. The van der Waals surface area contributed by atoms with E-state index in [4.69, 9.17) is 9.15 Å². The van der Waals surface area contributed by atoms with Gasteiger partial charge in [0.1, 0.15) is 41.1 Å². The Kier molecular flexibility index (Phi) is 4.20. The van der Waals surface area contributed by atoms with E-state index in [9.17, 15) is 45.6 Å². The van der Waals surface area contributed by atoms with Gasteiger partial charge in [0.15, 0.2) is 22.8 Å². The number of rotatable bonds is 1. The maximum atomic E-state index is 12.9. The summed E-state index contributed by atoms with van der Waals surface area (Å²) >= 11 is 0. The van der Waals surface area contributed by atoms with E-state index in [1.807, 2.05) is 0 Å². The Hall–Kier alpha value is -3.25. The van der Waals surface area contributed by atoms with Crippen molar-refractivity contribution in [3.63, 3.8) is 0 Å². The van der Waals surface area contributed by atoms with Crippen LogP contribution < -0.4 is 5.43 Å². The number of benzene rings is 2. The molecule has 4 unspecified atom stereocenters. The highest BCUT2D eigenvalue weighted by atomic mass is 16.5. The molecule has 1 aromatic heterocycles. The fourth-order valence-electron chi connectivity index (χ4n) is 3.41. The highest BCUT2D eigenvalue weighted by Crippen LogP contribution is 2.49. The molecular formula is C18H16O11. The van der Waals surface area contributed by atoms with Gasteiger partial charge >= 0.3 is 0 Å². The lowest BCUT2D eigenvalue weighted by Crippen LogP contribution is -2.49. The van der Waals surface area contributed by atoms with E-state index in [2.05, 4.69) is 0 Å². The second-order valence-electron chi connectivity index (χ2n) is 6.73. The maximum Gasteiger partial charge on any atom is 0.204 e. The lowest BCUT2D eigenvalue weighted by molar-refractivity contribution is -0.189. The minimum atomic E-state index is -1.80. The first-order valence-corrected chi connectivity index (χ1v) is 8.38. The minimum Gasteiger partial charge on any atom is -0.506 e. The van der Waals surface area contributed by atoms with Crippen LogP contribution in [0, 0.1) is 0 Å². The molecule has 0 spiro atoms. The van der Waals surface area contributed by atoms with E-state index in [0.29, 0.717) is 0 Å². The van der Waals surface area contributed by atoms with Crippen molar-refractivity contribution in [2.75, 3.05) is 6.61 Å². The number of aromatic hydroxyl groups is 5. The number of fused-ring (bicyclic) bond motifs is 2. The second-order valence-corrected chi connectivity index (χ2v) is 6.73. The zero-order chi connectivity index (χ0) is 21.2. The monoisotopic (exact) mass is 408 g/mol. The third kappa shape index (κ3) is 2.63. The summed E-state index contributed by atoms with van der Waals surface area (Å²) in [5, 5.41) is 79.4. The zero-order valence-corrected chi connectivity index (χ0v) is 14.5. The van der Waals surface area contributed by atoms with E-state index >= 15 is 0 Å². The summed E-state index contributed by atoms with van der Waals surface area (Å²) < 4.78 is 10.5. The molecule has 29 heavy (non-hydrogen) atoms. The fourth-order valence-corrected chi connectivity index (χ4v) is 3.41. The van der Waals surface area contributed by atoms with Crippen LogP contribution in [-0.2, 0) is 4.74 Å². The molecule has 1 fully saturated rings. The van der Waals surface area contributed by atoms with Crippen LogP contribution in [0.4, 0.5) is 0 Å². The Morgan fingerprint density at radius 3 is 2.21 bits per heavy atom. The molecule has 0 radical (unpaired) electrons. The second kappa shape index (κ2) is 6.39. The van der Waals surface area contributed by atoms with Gasteiger partial charge in [0, 0.05) is 6.07 Å². The maximum absolute atomic E-state index is 12.9. The van der Waals surface area contributed by atoms with Crippen molar-refractivity contribution in [3.8, 4) is 28.7 Å². The highest BCUT2D eigenvalue weighted by Gasteiger charge is 2.42. The normalized spacial score (nSPS) is 24.9. The largest absolute Gasteiger partial charge is 0.506 e. The molecule has 11 heteroatoms. The van der Waals surface area contributed by atoms with Gasteiger partial charge in [-0.3, -0.25) is 4.79 Å². The Morgan fingerprint density at radius 1 is 0.862 bits per heavy atom. The van der Waals surface area contributed by atoms with E-state index in [1.54, 1.807) is 0 Å². The number of hydrogen-bond donors (Lipinski definition) is 8. The number of aliphatic hydroxyl groups is 3. The van der Waals surface area contributed by atoms with Gasteiger partial charge in [-0.05, 0) is 6.07 Å². The van der Waals surface area contributed by atoms with Crippen molar-refractivity contribution in [1.29, 1.82) is 0 Å². The van der Waals surface area contributed by atoms with Gasteiger partial charge in [0.05, 0.1) is 17.6 Å². The summed E-state index contributed by atoms with van der Waals surface area (Å²) in [7, 11) is 0. The fraction of sp³-hybridized carbons (Fsp3) is 0.278. The quantitative estimate of drug-likeness (QED) is 0.148. The molecule has 1 aliphatic heterocycles. The molecule has 2 heterocycles. The average molecular weight is 408 g/mol. The summed E-state index contributed by atoms with van der Waals surface area (Å²) in [5.41, 5.74) is -2.37. The third-order valence-electron chi connectivity index (χ3n) is 4.96. The lowest BCUT2D eigenvalue weighted by atomic mass is 9.92. The van der Waals surface area contributed by atoms with Crippen LogP contribution in [0.3, 0.4) is 0 Å². The smallest absolute Gasteiger partial charge is 0.204 e.